The van der Waals surface area contributed by atoms with Gasteiger partial charge in [-0.1, -0.05) is 63.3 Å². The first kappa shape index (κ1) is 18.4. The molecule has 0 aliphatic heterocycles. The molecule has 0 heterocycles. The number of unbranched alkanes of at least 4 members (excludes halogenated alkanes) is 1. The molecule has 112 valence electrons. The highest BCUT2D eigenvalue weighted by Crippen LogP contribution is 2.40. The maximum atomic E-state index is 7.00. The molecule has 1 fully saturated rings. The van der Waals surface area contributed by atoms with Gasteiger partial charge in [0.05, 0.1) is 0 Å². The normalized spacial score (nSPS) is 24.7. The third-order valence-electron chi connectivity index (χ3n) is 4.08. The molecule has 0 amide bonds. The first-order valence-corrected chi connectivity index (χ1v) is 8.11. The van der Waals surface area contributed by atoms with Gasteiger partial charge in [-0.05, 0) is 44.4 Å². The molecule has 2 atom stereocenters. The minimum atomic E-state index is 0.909. The first-order chi connectivity index (χ1) is 9.29. The second-order valence-electron chi connectivity index (χ2n) is 5.39. The monoisotopic (exact) mass is 266 g/mol. The van der Waals surface area contributed by atoms with Crippen LogP contribution in [-0.4, -0.2) is 12.2 Å². The lowest BCUT2D eigenvalue weighted by atomic mass is 9.73. The maximum absolute atomic E-state index is 7.00. The number of aliphatic hydroxyl groups is 1. The highest BCUT2D eigenvalue weighted by molar-refractivity contribution is 5.29. The largest absolute Gasteiger partial charge is 0.400 e. The predicted octanol–water partition coefficient (Wildman–Crippen LogP) is 5.50. The van der Waals surface area contributed by atoms with E-state index in [1.165, 1.54) is 50.5 Å². The molecule has 0 aromatic rings. The van der Waals surface area contributed by atoms with Gasteiger partial charge in [0.1, 0.15) is 0 Å². The Labute approximate surface area is 120 Å². The van der Waals surface area contributed by atoms with Crippen LogP contribution in [0.15, 0.2) is 23.3 Å². The van der Waals surface area contributed by atoms with Crippen molar-refractivity contribution in [2.24, 2.45) is 11.8 Å². The van der Waals surface area contributed by atoms with Gasteiger partial charge in [0, 0.05) is 7.11 Å². The zero-order chi connectivity index (χ0) is 14.7. The molecule has 1 nitrogen and oxygen atoms in total. The van der Waals surface area contributed by atoms with Gasteiger partial charge in [0.2, 0.25) is 0 Å². The fourth-order valence-electron chi connectivity index (χ4n) is 3.09. The molecule has 2 rings (SSSR count). The van der Waals surface area contributed by atoms with Crippen molar-refractivity contribution in [1.82, 2.24) is 0 Å². The Morgan fingerprint density at radius 3 is 2.53 bits per heavy atom. The van der Waals surface area contributed by atoms with Gasteiger partial charge in [-0.15, -0.1) is 0 Å². The standard InChI is InChI=1S/C15H24.C2H6.CH4O/c1-3-4-5-13-7-9-14-8-6-12(2)10-15(14)11-13;2*1-2/h6,10,13-14H,3-5,7-9,11H2,1-2H3;1-2H3;2H,1H3. The van der Waals surface area contributed by atoms with Crippen LogP contribution in [0.3, 0.4) is 0 Å². The average molecular weight is 266 g/mol. The van der Waals surface area contributed by atoms with E-state index >= 15 is 0 Å². The van der Waals surface area contributed by atoms with Gasteiger partial charge in [-0.2, -0.15) is 0 Å². The highest BCUT2D eigenvalue weighted by Gasteiger charge is 2.25. The van der Waals surface area contributed by atoms with E-state index < -0.39 is 0 Å². The van der Waals surface area contributed by atoms with E-state index in [-0.39, 0.29) is 0 Å². The number of rotatable bonds is 3. The molecule has 1 heteroatoms. The lowest BCUT2D eigenvalue weighted by Gasteiger charge is -2.33. The van der Waals surface area contributed by atoms with Crippen molar-refractivity contribution in [2.75, 3.05) is 7.11 Å². The summed E-state index contributed by atoms with van der Waals surface area (Å²) in [6, 6.07) is 0. The van der Waals surface area contributed by atoms with Crippen LogP contribution >= 0.6 is 0 Å². The quantitative estimate of drug-likeness (QED) is 0.714. The first-order valence-electron chi connectivity index (χ1n) is 8.11. The van der Waals surface area contributed by atoms with Crippen molar-refractivity contribution in [1.29, 1.82) is 0 Å². The topological polar surface area (TPSA) is 20.2 Å². The number of hydrogen-bond acceptors (Lipinski definition) is 1. The van der Waals surface area contributed by atoms with Crippen LogP contribution < -0.4 is 0 Å². The van der Waals surface area contributed by atoms with Crippen LogP contribution in [0.5, 0.6) is 0 Å². The van der Waals surface area contributed by atoms with Crippen LogP contribution in [0.2, 0.25) is 0 Å². The number of hydrogen-bond donors (Lipinski definition) is 1. The van der Waals surface area contributed by atoms with Crippen LogP contribution in [-0.2, 0) is 0 Å². The number of aliphatic hydroxyl groups excluding tert-OH is 1. The molecular formula is C18H34O. The van der Waals surface area contributed by atoms with E-state index in [1.54, 1.807) is 5.57 Å². The molecule has 2 aliphatic rings. The van der Waals surface area contributed by atoms with Crippen molar-refractivity contribution in [3.8, 4) is 0 Å². The summed E-state index contributed by atoms with van der Waals surface area (Å²) in [4.78, 5) is 0. The number of fused-ring (bicyclic) bond motifs is 1. The minimum absolute atomic E-state index is 0.909. The summed E-state index contributed by atoms with van der Waals surface area (Å²) >= 11 is 0. The van der Waals surface area contributed by atoms with E-state index in [2.05, 4.69) is 26.0 Å². The van der Waals surface area contributed by atoms with Crippen molar-refractivity contribution < 1.29 is 5.11 Å². The van der Waals surface area contributed by atoms with Crippen molar-refractivity contribution in [3.05, 3.63) is 23.3 Å². The lowest BCUT2D eigenvalue weighted by Crippen LogP contribution is -2.19. The molecule has 0 aromatic heterocycles. The smallest absolute Gasteiger partial charge is 0.0319 e. The van der Waals surface area contributed by atoms with E-state index in [4.69, 9.17) is 5.11 Å². The van der Waals surface area contributed by atoms with Gasteiger partial charge in [0.25, 0.3) is 0 Å². The third-order valence-corrected chi connectivity index (χ3v) is 4.08. The van der Waals surface area contributed by atoms with Crippen LogP contribution in [0, 0.1) is 11.8 Å². The fraction of sp³-hybridized carbons (Fsp3) is 0.778. The van der Waals surface area contributed by atoms with Crippen molar-refractivity contribution in [2.45, 2.75) is 72.6 Å². The molecule has 0 saturated heterocycles. The minimum Gasteiger partial charge on any atom is -0.400 e. The zero-order valence-corrected chi connectivity index (χ0v) is 13.7. The molecule has 1 N–H and O–H groups in total. The van der Waals surface area contributed by atoms with E-state index in [0.717, 1.165) is 18.9 Å². The number of allylic oxidation sites excluding steroid dienone is 4. The summed E-state index contributed by atoms with van der Waals surface area (Å²) < 4.78 is 0. The zero-order valence-electron chi connectivity index (χ0n) is 13.7. The van der Waals surface area contributed by atoms with Gasteiger partial charge < -0.3 is 5.11 Å². The van der Waals surface area contributed by atoms with Crippen LogP contribution in [0.4, 0.5) is 0 Å². The Morgan fingerprint density at radius 1 is 1.21 bits per heavy atom. The van der Waals surface area contributed by atoms with Crippen LogP contribution in [0.1, 0.15) is 72.6 Å². The van der Waals surface area contributed by atoms with Gasteiger partial charge in [0.15, 0.2) is 0 Å². The van der Waals surface area contributed by atoms with E-state index in [0.29, 0.717) is 0 Å². The summed E-state index contributed by atoms with van der Waals surface area (Å²) in [6.07, 6.45) is 14.8. The summed E-state index contributed by atoms with van der Waals surface area (Å²) in [5.74, 6) is 1.91. The summed E-state index contributed by atoms with van der Waals surface area (Å²) in [7, 11) is 1.00. The Kier molecular flexibility index (Phi) is 10.9. The summed E-state index contributed by atoms with van der Waals surface area (Å²) in [5.41, 5.74) is 3.26. The second-order valence-corrected chi connectivity index (χ2v) is 5.39. The third kappa shape index (κ3) is 6.42. The molecule has 0 aromatic carbocycles. The highest BCUT2D eigenvalue weighted by atomic mass is 16.2. The predicted molar refractivity (Wildman–Crippen MR) is 86.3 cm³/mol. The lowest BCUT2D eigenvalue weighted by molar-refractivity contribution is 0.325. The second kappa shape index (κ2) is 11.3. The SMILES string of the molecule is CC.CCCCC1CCC2CC=C(C)C=C2C1.CO. The molecular weight excluding hydrogens is 232 g/mol. The molecule has 0 spiro atoms. The summed E-state index contributed by atoms with van der Waals surface area (Å²) in [5, 5.41) is 7.00. The van der Waals surface area contributed by atoms with E-state index in [9.17, 15) is 0 Å². The van der Waals surface area contributed by atoms with Gasteiger partial charge in [-0.3, -0.25) is 0 Å². The Morgan fingerprint density at radius 2 is 1.89 bits per heavy atom. The van der Waals surface area contributed by atoms with Crippen molar-refractivity contribution in [3.63, 3.8) is 0 Å². The average Bonchev–Trinajstić information content (AvgIpc) is 2.48. The molecule has 1 saturated carbocycles. The molecule has 0 bridgehead atoms. The Bertz CT molecular complexity index is 275. The Balaban J connectivity index is 0.000000741. The molecule has 0 radical (unpaired) electrons. The Hall–Kier alpha value is -0.560. The van der Waals surface area contributed by atoms with Crippen LogP contribution in [0.25, 0.3) is 0 Å². The molecule has 19 heavy (non-hydrogen) atoms. The molecule has 2 unspecified atom stereocenters. The molecule has 2 aliphatic carbocycles. The summed E-state index contributed by atoms with van der Waals surface area (Å²) in [6.45, 7) is 8.55. The van der Waals surface area contributed by atoms with Gasteiger partial charge >= 0.3 is 0 Å². The van der Waals surface area contributed by atoms with E-state index in [1.807, 2.05) is 13.8 Å². The van der Waals surface area contributed by atoms with Crippen molar-refractivity contribution >= 4 is 0 Å². The maximum Gasteiger partial charge on any atom is 0.0319 e. The van der Waals surface area contributed by atoms with Gasteiger partial charge in [-0.25, -0.2) is 0 Å². The fourth-order valence-corrected chi connectivity index (χ4v) is 3.09.